The fraction of sp³-hybridized carbons (Fsp3) is 0.158. The van der Waals surface area contributed by atoms with E-state index in [0.29, 0.717) is 10.1 Å². The zero-order valence-electron chi connectivity index (χ0n) is 13.9. The standard InChI is InChI=1S/C19H17BrN2O2S/c1-3-12-4-7-14(8-5-12)21-19-22-18(23)17(25-19)11-13-6-9-16(24-2)15(20)10-13/h4-11H,3H2,1-2H3,(H,21,22,23)/b17-11-. The van der Waals surface area contributed by atoms with Gasteiger partial charge in [0, 0.05) is 0 Å². The molecule has 0 spiro atoms. The van der Waals surface area contributed by atoms with Crippen molar-refractivity contribution >= 4 is 50.5 Å². The van der Waals surface area contributed by atoms with Crippen molar-refractivity contribution in [3.05, 3.63) is 63.0 Å². The van der Waals surface area contributed by atoms with Crippen LogP contribution in [0.2, 0.25) is 0 Å². The lowest BCUT2D eigenvalue weighted by molar-refractivity contribution is -0.115. The van der Waals surface area contributed by atoms with E-state index in [-0.39, 0.29) is 5.91 Å². The molecule has 1 aliphatic rings. The maximum atomic E-state index is 12.2. The number of methoxy groups -OCH3 is 1. The Kier molecular flexibility index (Phi) is 5.60. The topological polar surface area (TPSA) is 50.7 Å². The molecular formula is C19H17BrN2O2S. The quantitative estimate of drug-likeness (QED) is 0.720. The van der Waals surface area contributed by atoms with E-state index in [9.17, 15) is 4.79 Å². The monoisotopic (exact) mass is 416 g/mol. The molecule has 1 amide bonds. The number of nitrogens with one attached hydrogen (secondary N) is 1. The number of amidine groups is 1. The number of aliphatic imine (C=N–C) groups is 1. The lowest BCUT2D eigenvalue weighted by Crippen LogP contribution is -2.19. The molecule has 2 aromatic carbocycles. The minimum absolute atomic E-state index is 0.138. The minimum atomic E-state index is -0.138. The van der Waals surface area contributed by atoms with Crippen molar-refractivity contribution in [1.82, 2.24) is 5.32 Å². The molecule has 0 saturated carbocycles. The van der Waals surface area contributed by atoms with Crippen LogP contribution < -0.4 is 10.1 Å². The maximum absolute atomic E-state index is 12.2. The molecule has 4 nitrogen and oxygen atoms in total. The Labute approximate surface area is 159 Å². The van der Waals surface area contributed by atoms with Gasteiger partial charge in [-0.1, -0.05) is 25.1 Å². The van der Waals surface area contributed by atoms with E-state index in [0.717, 1.165) is 27.9 Å². The van der Waals surface area contributed by atoms with Crippen molar-refractivity contribution in [3.63, 3.8) is 0 Å². The van der Waals surface area contributed by atoms with E-state index >= 15 is 0 Å². The minimum Gasteiger partial charge on any atom is -0.496 e. The highest BCUT2D eigenvalue weighted by molar-refractivity contribution is 9.10. The zero-order valence-corrected chi connectivity index (χ0v) is 16.3. The average Bonchev–Trinajstić information content (AvgIpc) is 2.95. The van der Waals surface area contributed by atoms with Crippen molar-refractivity contribution in [3.8, 4) is 5.75 Å². The summed E-state index contributed by atoms with van der Waals surface area (Å²) in [6.07, 6.45) is 2.83. The molecule has 0 atom stereocenters. The summed E-state index contributed by atoms with van der Waals surface area (Å²) in [5, 5.41) is 3.40. The SMILES string of the molecule is CCc1ccc(N=C2NC(=O)/C(=C/c3ccc(OC)c(Br)c3)S2)cc1. The average molecular weight is 417 g/mol. The molecule has 3 rings (SSSR count). The number of aryl methyl sites for hydroxylation is 1. The number of hydrogen-bond acceptors (Lipinski definition) is 4. The Hall–Kier alpha value is -2.05. The van der Waals surface area contributed by atoms with E-state index < -0.39 is 0 Å². The summed E-state index contributed by atoms with van der Waals surface area (Å²) in [4.78, 5) is 17.3. The molecule has 1 N–H and O–H groups in total. The van der Waals surface area contributed by atoms with Gasteiger partial charge in [0.2, 0.25) is 0 Å². The molecule has 0 bridgehead atoms. The molecule has 128 valence electrons. The van der Waals surface area contributed by atoms with Crippen LogP contribution in [0.25, 0.3) is 6.08 Å². The molecule has 0 aromatic heterocycles. The van der Waals surface area contributed by atoms with Gasteiger partial charge in [0.1, 0.15) is 5.75 Å². The van der Waals surface area contributed by atoms with Gasteiger partial charge in [-0.15, -0.1) is 0 Å². The number of carbonyl (C=O) groups excluding carboxylic acids is 1. The first-order valence-electron chi connectivity index (χ1n) is 7.81. The van der Waals surface area contributed by atoms with E-state index in [1.54, 1.807) is 7.11 Å². The third-order valence-electron chi connectivity index (χ3n) is 3.70. The van der Waals surface area contributed by atoms with Crippen LogP contribution in [0.1, 0.15) is 18.1 Å². The Balaban J connectivity index is 1.79. The molecule has 1 heterocycles. The number of carbonyl (C=O) groups is 1. The van der Waals surface area contributed by atoms with Gasteiger partial charge in [-0.25, -0.2) is 4.99 Å². The molecule has 0 radical (unpaired) electrons. The van der Waals surface area contributed by atoms with E-state index in [1.807, 2.05) is 48.5 Å². The van der Waals surface area contributed by atoms with Crippen molar-refractivity contribution in [2.24, 2.45) is 4.99 Å². The van der Waals surface area contributed by atoms with E-state index in [4.69, 9.17) is 4.74 Å². The molecule has 0 unspecified atom stereocenters. The van der Waals surface area contributed by atoms with Gasteiger partial charge >= 0.3 is 0 Å². The summed E-state index contributed by atoms with van der Waals surface area (Å²) in [6.45, 7) is 2.11. The molecule has 6 heteroatoms. The number of ether oxygens (including phenoxy) is 1. The van der Waals surface area contributed by atoms with Crippen molar-refractivity contribution in [1.29, 1.82) is 0 Å². The van der Waals surface area contributed by atoms with Crippen LogP contribution in [-0.4, -0.2) is 18.2 Å². The zero-order chi connectivity index (χ0) is 17.8. The highest BCUT2D eigenvalue weighted by Gasteiger charge is 2.23. The summed E-state index contributed by atoms with van der Waals surface area (Å²) in [5.41, 5.74) is 3.00. The van der Waals surface area contributed by atoms with Crippen LogP contribution in [0.5, 0.6) is 5.75 Å². The van der Waals surface area contributed by atoms with Gasteiger partial charge in [-0.2, -0.15) is 0 Å². The smallest absolute Gasteiger partial charge is 0.264 e. The number of halogens is 1. The summed E-state index contributed by atoms with van der Waals surface area (Å²) in [5.74, 6) is 0.615. The number of rotatable bonds is 4. The number of amides is 1. The van der Waals surface area contributed by atoms with E-state index in [2.05, 4.69) is 33.2 Å². The normalized spacial score (nSPS) is 17.2. The summed E-state index contributed by atoms with van der Waals surface area (Å²) in [6, 6.07) is 13.7. The molecule has 1 aliphatic heterocycles. The Morgan fingerprint density at radius 2 is 2.00 bits per heavy atom. The van der Waals surface area contributed by atoms with Gasteiger partial charge in [0.15, 0.2) is 5.17 Å². The fourth-order valence-corrected chi connectivity index (χ4v) is 3.73. The summed E-state index contributed by atoms with van der Waals surface area (Å²) < 4.78 is 6.06. The molecule has 2 aromatic rings. The van der Waals surface area contributed by atoms with Gasteiger partial charge in [0.05, 0.1) is 22.2 Å². The van der Waals surface area contributed by atoms with Gasteiger partial charge in [0.25, 0.3) is 5.91 Å². The van der Waals surface area contributed by atoms with Gasteiger partial charge < -0.3 is 10.1 Å². The first-order valence-corrected chi connectivity index (χ1v) is 9.42. The summed E-state index contributed by atoms with van der Waals surface area (Å²) >= 11 is 4.79. The van der Waals surface area contributed by atoms with Crippen LogP contribution in [0.15, 0.2) is 56.8 Å². The Morgan fingerprint density at radius 1 is 1.24 bits per heavy atom. The number of benzene rings is 2. The lowest BCUT2D eigenvalue weighted by Gasteiger charge is -2.03. The molecule has 25 heavy (non-hydrogen) atoms. The number of hydrogen-bond donors (Lipinski definition) is 1. The molecule has 1 fully saturated rings. The Bertz CT molecular complexity index is 860. The maximum Gasteiger partial charge on any atom is 0.264 e. The second-order valence-electron chi connectivity index (χ2n) is 5.40. The largest absolute Gasteiger partial charge is 0.496 e. The van der Waals surface area contributed by atoms with Crippen LogP contribution in [-0.2, 0) is 11.2 Å². The van der Waals surface area contributed by atoms with Gasteiger partial charge in [-0.05, 0) is 75.6 Å². The van der Waals surface area contributed by atoms with Crippen LogP contribution in [0.4, 0.5) is 5.69 Å². The highest BCUT2D eigenvalue weighted by atomic mass is 79.9. The molecule has 0 aliphatic carbocycles. The first-order chi connectivity index (χ1) is 12.1. The van der Waals surface area contributed by atoms with Gasteiger partial charge in [-0.3, -0.25) is 4.79 Å². The van der Waals surface area contributed by atoms with Crippen molar-refractivity contribution in [2.45, 2.75) is 13.3 Å². The van der Waals surface area contributed by atoms with Crippen LogP contribution in [0, 0.1) is 0 Å². The Morgan fingerprint density at radius 3 is 2.64 bits per heavy atom. The second-order valence-corrected chi connectivity index (χ2v) is 7.28. The van der Waals surface area contributed by atoms with Crippen molar-refractivity contribution < 1.29 is 9.53 Å². The predicted molar refractivity (Wildman–Crippen MR) is 107 cm³/mol. The van der Waals surface area contributed by atoms with Crippen LogP contribution >= 0.6 is 27.7 Å². The number of nitrogens with zero attached hydrogens (tertiary/aromatic N) is 1. The number of thioether (sulfide) groups is 1. The van der Waals surface area contributed by atoms with E-state index in [1.165, 1.54) is 17.3 Å². The van der Waals surface area contributed by atoms with Crippen LogP contribution in [0.3, 0.4) is 0 Å². The second kappa shape index (κ2) is 7.89. The fourth-order valence-electron chi connectivity index (χ4n) is 2.33. The summed E-state index contributed by atoms with van der Waals surface area (Å²) in [7, 11) is 1.62. The lowest BCUT2D eigenvalue weighted by atomic mass is 10.2. The third-order valence-corrected chi connectivity index (χ3v) is 5.23. The predicted octanol–water partition coefficient (Wildman–Crippen LogP) is 4.91. The first kappa shape index (κ1) is 17.8. The third kappa shape index (κ3) is 4.32. The highest BCUT2D eigenvalue weighted by Crippen LogP contribution is 2.31. The van der Waals surface area contributed by atoms with Crippen molar-refractivity contribution in [2.75, 3.05) is 7.11 Å². The molecular weight excluding hydrogens is 400 g/mol. The molecule has 1 saturated heterocycles.